The van der Waals surface area contributed by atoms with Crippen LogP contribution in [-0.4, -0.2) is 40.8 Å². The predicted octanol–water partition coefficient (Wildman–Crippen LogP) is 4.16. The van der Waals surface area contributed by atoms with Gasteiger partial charge < -0.3 is 4.42 Å². The maximum Gasteiger partial charge on any atom is 0.243 e. The molecule has 1 saturated heterocycles. The Morgan fingerprint density at radius 2 is 1.77 bits per heavy atom. The molecule has 1 fully saturated rings. The van der Waals surface area contributed by atoms with Gasteiger partial charge in [-0.15, -0.1) is 0 Å². The van der Waals surface area contributed by atoms with Crippen molar-refractivity contribution in [3.8, 4) is 11.3 Å². The van der Waals surface area contributed by atoms with Gasteiger partial charge in [0.2, 0.25) is 10.0 Å². The molecule has 0 radical (unpaired) electrons. The standard InChI is InChI=1S/C23H22N4O3S/c1-16-25-22(15-30-16)17-4-7-20(8-5-17)31(28,29)27-13-10-18(11-14-27)21-9-6-19-3-2-12-24-23(19)26-21/h2-9,12,15,18H,10-11,13-14H2,1H3. The fraction of sp³-hybridized carbons (Fsp3) is 0.261. The van der Waals surface area contributed by atoms with E-state index in [1.54, 1.807) is 48.0 Å². The van der Waals surface area contributed by atoms with Gasteiger partial charge in [0.25, 0.3) is 0 Å². The number of aromatic nitrogens is 3. The highest BCUT2D eigenvalue weighted by molar-refractivity contribution is 7.89. The van der Waals surface area contributed by atoms with Crippen molar-refractivity contribution >= 4 is 21.1 Å². The number of hydrogen-bond donors (Lipinski definition) is 0. The number of rotatable bonds is 4. The van der Waals surface area contributed by atoms with Crippen molar-refractivity contribution in [1.29, 1.82) is 0 Å². The molecule has 8 heteroatoms. The van der Waals surface area contributed by atoms with Crippen LogP contribution >= 0.6 is 0 Å². The van der Waals surface area contributed by atoms with E-state index in [2.05, 4.69) is 9.97 Å². The SMILES string of the molecule is Cc1nc(-c2ccc(S(=O)(=O)N3CCC(c4ccc5cccnc5n4)CC3)cc2)co1. The molecule has 0 unspecified atom stereocenters. The molecule has 0 atom stereocenters. The Labute approximate surface area is 180 Å². The van der Waals surface area contributed by atoms with Gasteiger partial charge >= 0.3 is 0 Å². The summed E-state index contributed by atoms with van der Waals surface area (Å²) in [4.78, 5) is 13.6. The molecule has 0 aliphatic carbocycles. The number of benzene rings is 1. The Hall–Kier alpha value is -3.10. The van der Waals surface area contributed by atoms with Crippen molar-refractivity contribution in [2.45, 2.75) is 30.6 Å². The second-order valence-electron chi connectivity index (χ2n) is 7.74. The molecule has 1 aliphatic rings. The molecule has 0 N–H and O–H groups in total. The lowest BCUT2D eigenvalue weighted by Gasteiger charge is -2.31. The topological polar surface area (TPSA) is 89.2 Å². The summed E-state index contributed by atoms with van der Waals surface area (Å²) >= 11 is 0. The van der Waals surface area contributed by atoms with Gasteiger partial charge in [-0.2, -0.15) is 4.31 Å². The van der Waals surface area contributed by atoms with Gasteiger partial charge in [-0.1, -0.05) is 12.1 Å². The Morgan fingerprint density at radius 1 is 1.00 bits per heavy atom. The van der Waals surface area contributed by atoms with Gasteiger partial charge in [0, 0.05) is 48.8 Å². The minimum atomic E-state index is -3.54. The lowest BCUT2D eigenvalue weighted by atomic mass is 9.94. The summed E-state index contributed by atoms with van der Waals surface area (Å²) in [5.41, 5.74) is 3.23. The molecule has 1 aliphatic heterocycles. The number of sulfonamides is 1. The second-order valence-corrected chi connectivity index (χ2v) is 9.68. The highest BCUT2D eigenvalue weighted by Crippen LogP contribution is 2.31. The van der Waals surface area contributed by atoms with Crippen LogP contribution in [0.2, 0.25) is 0 Å². The van der Waals surface area contributed by atoms with E-state index in [1.807, 2.05) is 24.3 Å². The van der Waals surface area contributed by atoms with Crippen molar-refractivity contribution in [3.63, 3.8) is 0 Å². The van der Waals surface area contributed by atoms with E-state index in [0.717, 1.165) is 35.1 Å². The van der Waals surface area contributed by atoms with E-state index < -0.39 is 10.0 Å². The normalized spacial score (nSPS) is 16.0. The minimum Gasteiger partial charge on any atom is -0.449 e. The third-order valence-corrected chi connectivity index (χ3v) is 7.68. The van der Waals surface area contributed by atoms with Crippen LogP contribution in [0.3, 0.4) is 0 Å². The van der Waals surface area contributed by atoms with Crippen molar-refractivity contribution in [2.24, 2.45) is 0 Å². The number of hydrogen-bond acceptors (Lipinski definition) is 6. The van der Waals surface area contributed by atoms with Gasteiger partial charge in [-0.3, -0.25) is 0 Å². The van der Waals surface area contributed by atoms with Crippen LogP contribution in [0.15, 0.2) is 70.3 Å². The number of piperidine rings is 1. The average Bonchev–Trinajstić information content (AvgIpc) is 3.25. The van der Waals surface area contributed by atoms with Crippen LogP contribution in [0.1, 0.15) is 30.3 Å². The summed E-state index contributed by atoms with van der Waals surface area (Å²) < 4.78 is 33.0. The smallest absolute Gasteiger partial charge is 0.243 e. The Morgan fingerprint density at radius 3 is 2.48 bits per heavy atom. The van der Waals surface area contributed by atoms with E-state index in [4.69, 9.17) is 9.40 Å². The first-order valence-corrected chi connectivity index (χ1v) is 11.7. The van der Waals surface area contributed by atoms with Crippen molar-refractivity contribution in [1.82, 2.24) is 19.3 Å². The van der Waals surface area contributed by atoms with Crippen molar-refractivity contribution in [2.75, 3.05) is 13.1 Å². The molecular formula is C23H22N4O3S. The van der Waals surface area contributed by atoms with Crippen molar-refractivity contribution < 1.29 is 12.8 Å². The number of oxazole rings is 1. The van der Waals surface area contributed by atoms with E-state index in [9.17, 15) is 8.42 Å². The van der Waals surface area contributed by atoms with E-state index in [1.165, 1.54) is 0 Å². The lowest BCUT2D eigenvalue weighted by Crippen LogP contribution is -2.38. The molecule has 31 heavy (non-hydrogen) atoms. The molecule has 158 valence electrons. The fourth-order valence-corrected chi connectivity index (χ4v) is 5.50. The summed E-state index contributed by atoms with van der Waals surface area (Å²) in [5.74, 6) is 0.807. The summed E-state index contributed by atoms with van der Waals surface area (Å²) in [5, 5.41) is 1.01. The average molecular weight is 435 g/mol. The van der Waals surface area contributed by atoms with Crippen molar-refractivity contribution in [3.05, 3.63) is 72.6 Å². The fourth-order valence-electron chi connectivity index (χ4n) is 4.03. The molecule has 0 amide bonds. The Kier molecular flexibility index (Phi) is 5.03. The zero-order valence-electron chi connectivity index (χ0n) is 17.1. The monoisotopic (exact) mass is 434 g/mol. The van der Waals surface area contributed by atoms with Crippen LogP contribution in [0.4, 0.5) is 0 Å². The first-order valence-electron chi connectivity index (χ1n) is 10.2. The maximum atomic E-state index is 13.1. The van der Waals surface area contributed by atoms with E-state index in [0.29, 0.717) is 29.6 Å². The number of aryl methyl sites for hydroxylation is 1. The van der Waals surface area contributed by atoms with Gasteiger partial charge in [-0.25, -0.2) is 23.4 Å². The third-order valence-electron chi connectivity index (χ3n) is 5.76. The molecule has 3 aromatic heterocycles. The highest BCUT2D eigenvalue weighted by atomic mass is 32.2. The van der Waals surface area contributed by atoms with Crippen LogP contribution in [0.25, 0.3) is 22.3 Å². The van der Waals surface area contributed by atoms with E-state index >= 15 is 0 Å². The maximum absolute atomic E-state index is 13.1. The number of pyridine rings is 2. The van der Waals surface area contributed by atoms with Gasteiger partial charge in [0.1, 0.15) is 12.0 Å². The minimum absolute atomic E-state index is 0.232. The first-order chi connectivity index (χ1) is 15.0. The molecule has 0 saturated carbocycles. The molecule has 1 aromatic carbocycles. The molecule has 4 aromatic rings. The second kappa shape index (κ2) is 7.86. The first kappa shape index (κ1) is 19.8. The van der Waals surface area contributed by atoms with Crippen LogP contribution in [0.5, 0.6) is 0 Å². The quantitative estimate of drug-likeness (QED) is 0.479. The van der Waals surface area contributed by atoms with Crippen LogP contribution < -0.4 is 0 Å². The van der Waals surface area contributed by atoms with Gasteiger partial charge in [0.15, 0.2) is 11.5 Å². The lowest BCUT2D eigenvalue weighted by molar-refractivity contribution is 0.317. The molecule has 7 nitrogen and oxygen atoms in total. The Balaban J connectivity index is 1.30. The number of nitrogens with zero attached hydrogens (tertiary/aromatic N) is 4. The van der Waals surface area contributed by atoms with Gasteiger partial charge in [0.05, 0.1) is 4.90 Å². The molecule has 4 heterocycles. The molecule has 0 spiro atoms. The number of fused-ring (bicyclic) bond motifs is 1. The Bertz CT molecular complexity index is 1320. The molecular weight excluding hydrogens is 412 g/mol. The van der Waals surface area contributed by atoms with Crippen LogP contribution in [-0.2, 0) is 10.0 Å². The summed E-state index contributed by atoms with van der Waals surface area (Å²) in [6, 6.07) is 14.8. The van der Waals surface area contributed by atoms with Crippen LogP contribution in [0, 0.1) is 6.92 Å². The molecule has 0 bridgehead atoms. The summed E-state index contributed by atoms with van der Waals surface area (Å²) in [6.07, 6.45) is 4.78. The summed E-state index contributed by atoms with van der Waals surface area (Å²) in [6.45, 7) is 2.72. The predicted molar refractivity (Wildman–Crippen MR) is 117 cm³/mol. The van der Waals surface area contributed by atoms with Gasteiger partial charge in [-0.05, 0) is 49.2 Å². The summed E-state index contributed by atoms with van der Waals surface area (Å²) in [7, 11) is -3.54. The zero-order valence-corrected chi connectivity index (χ0v) is 17.9. The van der Waals surface area contributed by atoms with E-state index in [-0.39, 0.29) is 5.92 Å². The highest BCUT2D eigenvalue weighted by Gasteiger charge is 2.30. The third kappa shape index (κ3) is 3.84. The largest absolute Gasteiger partial charge is 0.449 e. The zero-order chi connectivity index (χ0) is 21.4. The molecule has 5 rings (SSSR count).